The van der Waals surface area contributed by atoms with Crippen molar-refractivity contribution in [2.45, 2.75) is 25.4 Å². The summed E-state index contributed by atoms with van der Waals surface area (Å²) in [4.78, 5) is 11.5. The standard InChI is InChI=1S/C27H33Cl2N5O4/c1-35-24-16-22(20(28)15-21(24)29)33-27-26-23(31-17-32-27)13-19(14-25(26)38-18-3-11-36-12-4-18)37-10-2-7-34-8-5-30-6-9-34/h13-18,30H,2-12H2,1H3,(H,31,32,33). The lowest BCUT2D eigenvalue weighted by Gasteiger charge is -2.27. The van der Waals surface area contributed by atoms with Crippen LogP contribution in [0.1, 0.15) is 19.3 Å². The zero-order chi connectivity index (χ0) is 26.3. The maximum absolute atomic E-state index is 6.51. The van der Waals surface area contributed by atoms with Crippen LogP contribution in [0.5, 0.6) is 17.2 Å². The molecule has 11 heteroatoms. The topological polar surface area (TPSA) is 90.0 Å². The number of anilines is 2. The van der Waals surface area contributed by atoms with Crippen LogP contribution in [0, 0.1) is 0 Å². The Kier molecular flexibility index (Phi) is 9.24. The Labute approximate surface area is 232 Å². The van der Waals surface area contributed by atoms with Crippen LogP contribution < -0.4 is 24.8 Å². The summed E-state index contributed by atoms with van der Waals surface area (Å²) < 4.78 is 23.6. The molecule has 0 atom stereocenters. The predicted octanol–water partition coefficient (Wildman–Crippen LogP) is 4.92. The van der Waals surface area contributed by atoms with Gasteiger partial charge in [0.15, 0.2) is 0 Å². The molecule has 0 aliphatic carbocycles. The molecule has 0 spiro atoms. The van der Waals surface area contributed by atoms with Crippen molar-refractivity contribution in [1.82, 2.24) is 20.2 Å². The number of piperazine rings is 1. The fraction of sp³-hybridized carbons (Fsp3) is 0.481. The van der Waals surface area contributed by atoms with Crippen molar-refractivity contribution in [3.8, 4) is 17.2 Å². The SMILES string of the molecule is COc1cc(Nc2ncnc3cc(OCCCN4CCNCC4)cc(OC4CCOCC4)c23)c(Cl)cc1Cl. The van der Waals surface area contributed by atoms with Gasteiger partial charge in [0.2, 0.25) is 0 Å². The second-order valence-corrected chi connectivity index (χ2v) is 10.2. The van der Waals surface area contributed by atoms with Crippen molar-refractivity contribution in [3.05, 3.63) is 40.6 Å². The first-order chi connectivity index (χ1) is 18.6. The molecule has 2 saturated heterocycles. The average Bonchev–Trinajstić information content (AvgIpc) is 2.94. The van der Waals surface area contributed by atoms with E-state index in [0.717, 1.165) is 63.1 Å². The highest BCUT2D eigenvalue weighted by Gasteiger charge is 2.21. The summed E-state index contributed by atoms with van der Waals surface area (Å²) in [6.45, 7) is 7.22. The van der Waals surface area contributed by atoms with Crippen LogP contribution in [-0.4, -0.2) is 80.6 Å². The van der Waals surface area contributed by atoms with E-state index < -0.39 is 0 Å². The molecular weight excluding hydrogens is 529 g/mol. The number of halogens is 2. The van der Waals surface area contributed by atoms with Crippen LogP contribution >= 0.6 is 23.2 Å². The molecule has 1 aromatic heterocycles. The van der Waals surface area contributed by atoms with Gasteiger partial charge in [-0.25, -0.2) is 9.97 Å². The van der Waals surface area contributed by atoms with Crippen LogP contribution in [-0.2, 0) is 4.74 Å². The van der Waals surface area contributed by atoms with Crippen molar-refractivity contribution < 1.29 is 18.9 Å². The molecule has 2 aliphatic rings. The van der Waals surface area contributed by atoms with Gasteiger partial charge in [-0.3, -0.25) is 0 Å². The lowest BCUT2D eigenvalue weighted by molar-refractivity contribution is 0.0261. The molecule has 0 unspecified atom stereocenters. The van der Waals surface area contributed by atoms with E-state index in [1.807, 2.05) is 12.1 Å². The fourth-order valence-electron chi connectivity index (χ4n) is 4.70. The molecule has 0 saturated carbocycles. The Balaban J connectivity index is 1.41. The van der Waals surface area contributed by atoms with Gasteiger partial charge in [-0.1, -0.05) is 23.2 Å². The van der Waals surface area contributed by atoms with Crippen molar-refractivity contribution in [2.24, 2.45) is 0 Å². The summed E-state index contributed by atoms with van der Waals surface area (Å²) >= 11 is 12.7. The molecule has 3 heterocycles. The molecule has 0 amide bonds. The van der Waals surface area contributed by atoms with Crippen LogP contribution in [0.3, 0.4) is 0 Å². The number of fused-ring (bicyclic) bond motifs is 1. The zero-order valence-electron chi connectivity index (χ0n) is 21.5. The molecule has 0 radical (unpaired) electrons. The van der Waals surface area contributed by atoms with Crippen LogP contribution in [0.2, 0.25) is 10.0 Å². The highest BCUT2D eigenvalue weighted by atomic mass is 35.5. The molecule has 3 aromatic rings. The van der Waals surface area contributed by atoms with Gasteiger partial charge in [-0.2, -0.15) is 0 Å². The van der Waals surface area contributed by atoms with Gasteiger partial charge in [0, 0.05) is 63.8 Å². The Morgan fingerprint density at radius 1 is 1.05 bits per heavy atom. The van der Waals surface area contributed by atoms with E-state index >= 15 is 0 Å². The first kappa shape index (κ1) is 27.0. The Morgan fingerprint density at radius 2 is 1.87 bits per heavy atom. The first-order valence-electron chi connectivity index (χ1n) is 13.0. The van der Waals surface area contributed by atoms with E-state index in [1.165, 1.54) is 6.33 Å². The largest absolute Gasteiger partial charge is 0.495 e. The third-order valence-electron chi connectivity index (χ3n) is 6.73. The smallest absolute Gasteiger partial charge is 0.145 e. The molecule has 38 heavy (non-hydrogen) atoms. The molecule has 2 N–H and O–H groups in total. The molecule has 2 aromatic carbocycles. The summed E-state index contributed by atoms with van der Waals surface area (Å²) in [5.41, 5.74) is 1.32. The number of benzene rings is 2. The van der Waals surface area contributed by atoms with Gasteiger partial charge in [-0.05, 0) is 12.5 Å². The van der Waals surface area contributed by atoms with Gasteiger partial charge in [0.25, 0.3) is 0 Å². The van der Waals surface area contributed by atoms with Gasteiger partial charge in [-0.15, -0.1) is 0 Å². The van der Waals surface area contributed by atoms with Crippen molar-refractivity contribution >= 4 is 45.6 Å². The summed E-state index contributed by atoms with van der Waals surface area (Å²) in [5.74, 6) is 2.45. The lowest BCUT2D eigenvalue weighted by atomic mass is 10.1. The Bertz CT molecular complexity index is 1240. The maximum atomic E-state index is 6.51. The number of hydrogen-bond acceptors (Lipinski definition) is 9. The number of nitrogens with one attached hydrogen (secondary N) is 2. The van der Waals surface area contributed by atoms with E-state index in [0.29, 0.717) is 58.4 Å². The second-order valence-electron chi connectivity index (χ2n) is 9.35. The number of ether oxygens (including phenoxy) is 4. The molecule has 2 fully saturated rings. The monoisotopic (exact) mass is 561 g/mol. The van der Waals surface area contributed by atoms with Gasteiger partial charge < -0.3 is 34.5 Å². The van der Waals surface area contributed by atoms with Gasteiger partial charge >= 0.3 is 0 Å². The Hall–Kier alpha value is -2.56. The van der Waals surface area contributed by atoms with E-state index in [1.54, 1.807) is 19.2 Å². The molecule has 204 valence electrons. The van der Waals surface area contributed by atoms with Crippen molar-refractivity contribution in [3.63, 3.8) is 0 Å². The Morgan fingerprint density at radius 3 is 2.66 bits per heavy atom. The minimum Gasteiger partial charge on any atom is -0.495 e. The van der Waals surface area contributed by atoms with Crippen LogP contribution in [0.25, 0.3) is 10.9 Å². The highest BCUT2D eigenvalue weighted by molar-refractivity contribution is 6.37. The minimum atomic E-state index is 0.0298. The molecular formula is C27H33Cl2N5O4. The number of hydrogen-bond donors (Lipinski definition) is 2. The molecule has 5 rings (SSSR count). The zero-order valence-corrected chi connectivity index (χ0v) is 23.0. The third kappa shape index (κ3) is 6.71. The number of methoxy groups -OCH3 is 1. The quantitative estimate of drug-likeness (QED) is 0.334. The lowest BCUT2D eigenvalue weighted by Crippen LogP contribution is -2.43. The first-order valence-corrected chi connectivity index (χ1v) is 13.8. The highest BCUT2D eigenvalue weighted by Crippen LogP contribution is 2.40. The molecule has 0 bridgehead atoms. The summed E-state index contributed by atoms with van der Waals surface area (Å²) in [5, 5.41) is 8.33. The maximum Gasteiger partial charge on any atom is 0.145 e. The van der Waals surface area contributed by atoms with Crippen molar-refractivity contribution in [1.29, 1.82) is 0 Å². The normalized spacial score (nSPS) is 16.9. The summed E-state index contributed by atoms with van der Waals surface area (Å²) in [6.07, 6.45) is 4.11. The van der Waals surface area contributed by atoms with Crippen LogP contribution in [0.4, 0.5) is 11.5 Å². The number of nitrogens with zero attached hydrogens (tertiary/aromatic N) is 3. The predicted molar refractivity (Wildman–Crippen MR) is 150 cm³/mol. The van der Waals surface area contributed by atoms with E-state index in [9.17, 15) is 0 Å². The second kappa shape index (κ2) is 13.0. The van der Waals surface area contributed by atoms with Crippen LogP contribution in [0.15, 0.2) is 30.6 Å². The molecule has 9 nitrogen and oxygen atoms in total. The van der Waals surface area contributed by atoms with Gasteiger partial charge in [0.1, 0.15) is 35.5 Å². The molecule has 2 aliphatic heterocycles. The van der Waals surface area contributed by atoms with Crippen molar-refractivity contribution in [2.75, 3.05) is 65.0 Å². The number of rotatable bonds is 10. The van der Waals surface area contributed by atoms with E-state index in [4.69, 9.17) is 42.1 Å². The minimum absolute atomic E-state index is 0.0298. The number of aromatic nitrogens is 2. The summed E-state index contributed by atoms with van der Waals surface area (Å²) in [6, 6.07) is 7.24. The van der Waals surface area contributed by atoms with Gasteiger partial charge in [0.05, 0.1) is 53.6 Å². The average molecular weight is 562 g/mol. The van der Waals surface area contributed by atoms with E-state index in [2.05, 4.69) is 25.5 Å². The summed E-state index contributed by atoms with van der Waals surface area (Å²) in [7, 11) is 1.56. The van der Waals surface area contributed by atoms with E-state index in [-0.39, 0.29) is 6.10 Å². The third-order valence-corrected chi connectivity index (χ3v) is 7.34. The fourth-order valence-corrected chi connectivity index (χ4v) is 5.20.